The van der Waals surface area contributed by atoms with E-state index < -0.39 is 18.8 Å². The van der Waals surface area contributed by atoms with Gasteiger partial charge in [-0.05, 0) is 6.92 Å². The van der Waals surface area contributed by atoms with Crippen molar-refractivity contribution in [3.05, 3.63) is 11.8 Å². The third kappa shape index (κ3) is 3.44. The summed E-state index contributed by atoms with van der Waals surface area (Å²) in [5.74, 6) is -1.14. The zero-order valence-corrected chi connectivity index (χ0v) is 8.30. The van der Waals surface area contributed by atoms with Crippen molar-refractivity contribution in [1.82, 2.24) is 10.2 Å². The Balaban J connectivity index is 2.67. The molecule has 1 N–H and O–H groups in total. The highest BCUT2D eigenvalue weighted by Gasteiger charge is 2.30. The lowest BCUT2D eigenvalue weighted by Crippen LogP contribution is -2.20. The second-order valence-corrected chi connectivity index (χ2v) is 2.74. The molecule has 0 saturated carbocycles. The van der Waals surface area contributed by atoms with Crippen LogP contribution in [0.15, 0.2) is 6.20 Å². The Kier molecular flexibility index (Phi) is 3.75. The molecule has 0 amide bonds. The smallest absolute Gasteiger partial charge is 0.422 e. The summed E-state index contributed by atoms with van der Waals surface area (Å²) < 4.78 is 44.5. The first-order chi connectivity index (χ1) is 7.44. The third-order valence-electron chi connectivity index (χ3n) is 1.48. The highest BCUT2D eigenvalue weighted by atomic mass is 19.4. The van der Waals surface area contributed by atoms with Crippen LogP contribution in [0.25, 0.3) is 0 Å². The molecule has 16 heavy (non-hydrogen) atoms. The first-order valence-corrected chi connectivity index (χ1v) is 4.34. The average Bonchev–Trinajstić information content (AvgIpc) is 2.61. The maximum absolute atomic E-state index is 11.9. The van der Waals surface area contributed by atoms with Crippen LogP contribution < -0.4 is 4.74 Å². The molecule has 90 valence electrons. The standard InChI is InChI=1S/C8H9F3N2O3/c1-2-15-7(14)5-3-12-13-6(5)16-4-8(9,10)11/h3H,2,4H2,1H3,(H,12,13). The molecule has 0 bridgehead atoms. The largest absolute Gasteiger partial charge is 0.468 e. The second kappa shape index (κ2) is 4.86. The number of carbonyl (C=O) groups is 1. The van der Waals surface area contributed by atoms with E-state index in [0.717, 1.165) is 6.20 Å². The fourth-order valence-corrected chi connectivity index (χ4v) is 0.893. The molecule has 0 radical (unpaired) electrons. The molecule has 8 heteroatoms. The predicted molar refractivity (Wildman–Crippen MR) is 46.1 cm³/mol. The van der Waals surface area contributed by atoms with Crippen molar-refractivity contribution in [3.63, 3.8) is 0 Å². The van der Waals surface area contributed by atoms with Crippen LogP contribution in [0.1, 0.15) is 17.3 Å². The van der Waals surface area contributed by atoms with Crippen molar-refractivity contribution in [1.29, 1.82) is 0 Å². The van der Waals surface area contributed by atoms with Gasteiger partial charge in [-0.2, -0.15) is 18.3 Å². The summed E-state index contributed by atoms with van der Waals surface area (Å²) in [6, 6.07) is 0. The zero-order valence-electron chi connectivity index (χ0n) is 8.30. The SMILES string of the molecule is CCOC(=O)c1cn[nH]c1OCC(F)(F)F. The lowest BCUT2D eigenvalue weighted by atomic mass is 10.3. The second-order valence-electron chi connectivity index (χ2n) is 2.74. The summed E-state index contributed by atoms with van der Waals surface area (Å²) in [7, 11) is 0. The van der Waals surface area contributed by atoms with Crippen molar-refractivity contribution in [2.24, 2.45) is 0 Å². The summed E-state index contributed by atoms with van der Waals surface area (Å²) in [6.07, 6.45) is -3.43. The predicted octanol–water partition coefficient (Wildman–Crippen LogP) is 1.53. The van der Waals surface area contributed by atoms with E-state index in [1.807, 2.05) is 0 Å². The number of alkyl halides is 3. The zero-order chi connectivity index (χ0) is 12.2. The maximum Gasteiger partial charge on any atom is 0.422 e. The fourth-order valence-electron chi connectivity index (χ4n) is 0.893. The Labute approximate surface area is 88.5 Å². The molecule has 0 unspecified atom stereocenters. The number of hydrogen-bond acceptors (Lipinski definition) is 4. The van der Waals surface area contributed by atoms with Crippen LogP contribution in [-0.4, -0.2) is 35.6 Å². The molecule has 0 aromatic carbocycles. The highest BCUT2D eigenvalue weighted by Crippen LogP contribution is 2.20. The average molecular weight is 238 g/mol. The van der Waals surface area contributed by atoms with Gasteiger partial charge in [0.05, 0.1) is 12.8 Å². The molecular formula is C8H9F3N2O3. The van der Waals surface area contributed by atoms with E-state index in [9.17, 15) is 18.0 Å². The minimum atomic E-state index is -4.48. The van der Waals surface area contributed by atoms with Gasteiger partial charge in [0.25, 0.3) is 0 Å². The van der Waals surface area contributed by atoms with Crippen molar-refractivity contribution >= 4 is 5.97 Å². The number of nitrogens with one attached hydrogen (secondary N) is 1. The monoisotopic (exact) mass is 238 g/mol. The lowest BCUT2D eigenvalue weighted by molar-refractivity contribution is -0.154. The van der Waals surface area contributed by atoms with Crippen LogP contribution in [0, 0.1) is 0 Å². The number of esters is 1. The fraction of sp³-hybridized carbons (Fsp3) is 0.500. The van der Waals surface area contributed by atoms with Gasteiger partial charge in [0.1, 0.15) is 5.56 Å². The molecule has 0 spiro atoms. The van der Waals surface area contributed by atoms with E-state index in [-0.39, 0.29) is 18.1 Å². The minimum Gasteiger partial charge on any atom is -0.468 e. The van der Waals surface area contributed by atoms with Crippen LogP contribution in [-0.2, 0) is 4.74 Å². The topological polar surface area (TPSA) is 64.2 Å². The van der Waals surface area contributed by atoms with Crippen LogP contribution >= 0.6 is 0 Å². The Hall–Kier alpha value is -1.73. The number of rotatable bonds is 4. The van der Waals surface area contributed by atoms with Crippen molar-refractivity contribution < 1.29 is 27.4 Å². The number of aromatic amines is 1. The first-order valence-electron chi connectivity index (χ1n) is 4.34. The summed E-state index contributed by atoms with van der Waals surface area (Å²) in [5, 5.41) is 5.55. The molecule has 0 atom stereocenters. The van der Waals surface area contributed by atoms with E-state index in [2.05, 4.69) is 19.7 Å². The summed E-state index contributed by atoms with van der Waals surface area (Å²) in [6.45, 7) is 0.193. The first kappa shape index (κ1) is 12.3. The molecular weight excluding hydrogens is 229 g/mol. The number of ether oxygens (including phenoxy) is 2. The van der Waals surface area contributed by atoms with Gasteiger partial charge in [0, 0.05) is 0 Å². The Morgan fingerprint density at radius 1 is 1.56 bits per heavy atom. The number of aromatic nitrogens is 2. The molecule has 0 saturated heterocycles. The molecule has 5 nitrogen and oxygen atoms in total. The van der Waals surface area contributed by atoms with Crippen molar-refractivity contribution in [3.8, 4) is 5.88 Å². The van der Waals surface area contributed by atoms with Gasteiger partial charge in [0.2, 0.25) is 5.88 Å². The highest BCUT2D eigenvalue weighted by molar-refractivity contribution is 5.91. The molecule has 1 aromatic rings. The minimum absolute atomic E-state index is 0.114. The van der Waals surface area contributed by atoms with Gasteiger partial charge in [-0.25, -0.2) is 9.89 Å². The van der Waals surface area contributed by atoms with E-state index >= 15 is 0 Å². The Bertz CT molecular complexity index is 362. The quantitative estimate of drug-likeness (QED) is 0.808. The molecule has 0 aliphatic heterocycles. The van der Waals surface area contributed by atoms with E-state index in [1.54, 1.807) is 6.92 Å². The Morgan fingerprint density at radius 3 is 2.81 bits per heavy atom. The summed E-state index contributed by atoms with van der Waals surface area (Å²) in [5.41, 5.74) is -0.161. The van der Waals surface area contributed by atoms with Gasteiger partial charge < -0.3 is 9.47 Å². The Morgan fingerprint density at radius 2 is 2.25 bits per heavy atom. The summed E-state index contributed by atoms with van der Waals surface area (Å²) in [4.78, 5) is 11.2. The van der Waals surface area contributed by atoms with Gasteiger partial charge >= 0.3 is 12.1 Å². The van der Waals surface area contributed by atoms with Crippen LogP contribution in [0.4, 0.5) is 13.2 Å². The van der Waals surface area contributed by atoms with E-state index in [4.69, 9.17) is 0 Å². The lowest BCUT2D eigenvalue weighted by Gasteiger charge is -2.08. The van der Waals surface area contributed by atoms with Gasteiger partial charge in [-0.1, -0.05) is 0 Å². The van der Waals surface area contributed by atoms with E-state index in [0.29, 0.717) is 0 Å². The molecule has 1 heterocycles. The van der Waals surface area contributed by atoms with Crippen LogP contribution in [0.5, 0.6) is 5.88 Å². The number of carbonyl (C=O) groups excluding carboxylic acids is 1. The third-order valence-corrected chi connectivity index (χ3v) is 1.48. The van der Waals surface area contributed by atoms with Crippen molar-refractivity contribution in [2.75, 3.05) is 13.2 Å². The van der Waals surface area contributed by atoms with Gasteiger partial charge in [-0.3, -0.25) is 0 Å². The van der Waals surface area contributed by atoms with E-state index in [1.165, 1.54) is 0 Å². The van der Waals surface area contributed by atoms with Gasteiger partial charge in [0.15, 0.2) is 6.61 Å². The summed E-state index contributed by atoms with van der Waals surface area (Å²) >= 11 is 0. The molecule has 0 aliphatic carbocycles. The number of nitrogens with zero attached hydrogens (tertiary/aromatic N) is 1. The number of H-pyrrole nitrogens is 1. The number of halogens is 3. The molecule has 0 fully saturated rings. The maximum atomic E-state index is 11.9. The van der Waals surface area contributed by atoms with Gasteiger partial charge in [-0.15, -0.1) is 0 Å². The molecule has 1 aromatic heterocycles. The molecule has 0 aliphatic rings. The molecule has 1 rings (SSSR count). The van der Waals surface area contributed by atoms with Crippen LogP contribution in [0.3, 0.4) is 0 Å². The normalized spacial score (nSPS) is 11.2. The number of hydrogen-bond donors (Lipinski definition) is 1. The van der Waals surface area contributed by atoms with Crippen LogP contribution in [0.2, 0.25) is 0 Å². The van der Waals surface area contributed by atoms with Crippen molar-refractivity contribution in [2.45, 2.75) is 13.1 Å².